The molecule has 0 aliphatic carbocycles. The van der Waals surface area contributed by atoms with Gasteiger partial charge in [0.25, 0.3) is 0 Å². The molecule has 1 heterocycles. The van der Waals surface area contributed by atoms with E-state index < -0.39 is 0 Å². The second-order valence-electron chi connectivity index (χ2n) is 7.28. The first kappa shape index (κ1) is 20.8. The number of nitriles is 1. The molecule has 1 amide bonds. The van der Waals surface area contributed by atoms with Crippen molar-refractivity contribution in [3.8, 4) is 11.8 Å². The first-order valence-corrected chi connectivity index (χ1v) is 9.86. The van der Waals surface area contributed by atoms with Crippen LogP contribution < -0.4 is 9.64 Å². The lowest BCUT2D eigenvalue weighted by atomic mass is 9.98. The van der Waals surface area contributed by atoms with Gasteiger partial charge in [-0.3, -0.25) is 9.69 Å². The van der Waals surface area contributed by atoms with E-state index in [-0.39, 0.29) is 30.1 Å². The minimum absolute atomic E-state index is 0.0651. The zero-order valence-electron chi connectivity index (χ0n) is 16.8. The summed E-state index contributed by atoms with van der Waals surface area (Å²) in [5, 5.41) is 9.04. The van der Waals surface area contributed by atoms with Gasteiger partial charge < -0.3 is 9.64 Å². The number of para-hydroxylation sites is 2. The van der Waals surface area contributed by atoms with E-state index >= 15 is 0 Å². The molecule has 0 spiro atoms. The number of nitrogens with zero attached hydrogens (tertiary/aromatic N) is 3. The van der Waals surface area contributed by atoms with Gasteiger partial charge in [0.15, 0.2) is 0 Å². The summed E-state index contributed by atoms with van der Waals surface area (Å²) < 4.78 is 19.0. The van der Waals surface area contributed by atoms with E-state index in [1.165, 1.54) is 6.07 Å². The predicted octanol–water partition coefficient (Wildman–Crippen LogP) is 3.96. The third kappa shape index (κ3) is 4.75. The first-order chi connectivity index (χ1) is 14.0. The van der Waals surface area contributed by atoms with Crippen LogP contribution in [0.2, 0.25) is 0 Å². The molecule has 29 heavy (non-hydrogen) atoms. The van der Waals surface area contributed by atoms with Crippen molar-refractivity contribution in [2.24, 2.45) is 0 Å². The lowest BCUT2D eigenvalue weighted by molar-refractivity contribution is -0.122. The van der Waals surface area contributed by atoms with Gasteiger partial charge >= 0.3 is 0 Å². The maximum Gasteiger partial charge on any atom is 0.244 e. The largest absolute Gasteiger partial charge is 0.495 e. The van der Waals surface area contributed by atoms with Gasteiger partial charge in [0, 0.05) is 13.1 Å². The number of hydrogen-bond acceptors (Lipinski definition) is 4. The topological polar surface area (TPSA) is 56.6 Å². The van der Waals surface area contributed by atoms with Gasteiger partial charge in [-0.25, -0.2) is 4.39 Å². The molecule has 2 unspecified atom stereocenters. The summed E-state index contributed by atoms with van der Waals surface area (Å²) in [6.07, 6.45) is 1.12. The molecule has 0 aromatic heterocycles. The summed E-state index contributed by atoms with van der Waals surface area (Å²) in [4.78, 5) is 17.1. The maximum absolute atomic E-state index is 13.6. The summed E-state index contributed by atoms with van der Waals surface area (Å²) in [6, 6.07) is 15.8. The minimum atomic E-state index is -0.350. The Morgan fingerprint density at radius 2 is 2.14 bits per heavy atom. The Balaban J connectivity index is 1.76. The second-order valence-corrected chi connectivity index (χ2v) is 7.28. The van der Waals surface area contributed by atoms with Crippen molar-refractivity contribution < 1.29 is 13.9 Å². The molecular formula is C23H26FN3O2. The van der Waals surface area contributed by atoms with Gasteiger partial charge in [0.2, 0.25) is 5.91 Å². The first-order valence-electron chi connectivity index (χ1n) is 9.86. The average molecular weight is 395 g/mol. The van der Waals surface area contributed by atoms with E-state index in [9.17, 15) is 9.18 Å². The normalized spacial score (nSPS) is 17.5. The third-order valence-corrected chi connectivity index (χ3v) is 5.53. The van der Waals surface area contributed by atoms with E-state index in [1.54, 1.807) is 24.1 Å². The standard InChI is InChI=1S/C23H26FN3O2/c1-17(26-14-11-19(16-26)18-7-5-8-20(24)15-18)23(28)27(13-6-12-25)21-9-3-4-10-22(21)29-2/h3-5,7-10,15,17,19H,6,11,13-14,16H2,1-2H3. The van der Waals surface area contributed by atoms with E-state index in [4.69, 9.17) is 10.00 Å². The Labute approximate surface area is 171 Å². The number of anilines is 1. The Morgan fingerprint density at radius 3 is 2.86 bits per heavy atom. The summed E-state index contributed by atoms with van der Waals surface area (Å²) in [5.41, 5.74) is 1.64. The van der Waals surface area contributed by atoms with Gasteiger partial charge in [-0.2, -0.15) is 5.26 Å². The lowest BCUT2D eigenvalue weighted by Gasteiger charge is -2.31. The van der Waals surface area contributed by atoms with Crippen LogP contribution in [0, 0.1) is 17.1 Å². The quantitative estimate of drug-likeness (QED) is 0.712. The van der Waals surface area contributed by atoms with Crippen molar-refractivity contribution >= 4 is 11.6 Å². The molecule has 1 fully saturated rings. The zero-order valence-corrected chi connectivity index (χ0v) is 16.8. The molecule has 5 nitrogen and oxygen atoms in total. The van der Waals surface area contributed by atoms with Crippen molar-refractivity contribution in [2.45, 2.75) is 31.7 Å². The van der Waals surface area contributed by atoms with E-state index in [0.717, 1.165) is 18.5 Å². The molecule has 6 heteroatoms. The minimum Gasteiger partial charge on any atom is -0.495 e. The number of hydrogen-bond donors (Lipinski definition) is 0. The highest BCUT2D eigenvalue weighted by Gasteiger charge is 2.33. The third-order valence-electron chi connectivity index (χ3n) is 5.53. The van der Waals surface area contributed by atoms with E-state index in [1.807, 2.05) is 37.3 Å². The molecule has 1 aliphatic heterocycles. The number of amides is 1. The van der Waals surface area contributed by atoms with Crippen LogP contribution in [0.25, 0.3) is 0 Å². The van der Waals surface area contributed by atoms with Gasteiger partial charge in [0.1, 0.15) is 11.6 Å². The zero-order chi connectivity index (χ0) is 20.8. The smallest absolute Gasteiger partial charge is 0.244 e. The van der Waals surface area contributed by atoms with E-state index in [0.29, 0.717) is 24.5 Å². The Bertz CT molecular complexity index is 896. The molecule has 1 saturated heterocycles. The molecule has 0 bridgehead atoms. The number of carbonyl (C=O) groups excluding carboxylic acids is 1. The molecule has 3 rings (SSSR count). The second kappa shape index (κ2) is 9.53. The summed E-state index contributed by atoms with van der Waals surface area (Å²) in [7, 11) is 1.57. The monoisotopic (exact) mass is 395 g/mol. The summed E-state index contributed by atoms with van der Waals surface area (Å²) in [6.45, 7) is 3.67. The Morgan fingerprint density at radius 1 is 1.34 bits per heavy atom. The number of methoxy groups -OCH3 is 1. The van der Waals surface area contributed by atoms with Crippen molar-refractivity contribution in [1.82, 2.24) is 4.90 Å². The van der Waals surface area contributed by atoms with Gasteiger partial charge in [-0.1, -0.05) is 24.3 Å². The Hall–Kier alpha value is -2.91. The maximum atomic E-state index is 13.6. The molecule has 152 valence electrons. The fourth-order valence-corrected chi connectivity index (χ4v) is 3.92. The highest BCUT2D eigenvalue weighted by molar-refractivity contribution is 5.98. The van der Waals surface area contributed by atoms with Crippen LogP contribution in [0.5, 0.6) is 5.75 Å². The van der Waals surface area contributed by atoms with Crippen LogP contribution in [0.1, 0.15) is 31.2 Å². The molecule has 2 atom stereocenters. The summed E-state index contributed by atoms with van der Waals surface area (Å²) >= 11 is 0. The van der Waals surface area contributed by atoms with Gasteiger partial charge in [-0.05, 0) is 55.6 Å². The van der Waals surface area contributed by atoms with Crippen LogP contribution in [-0.2, 0) is 4.79 Å². The SMILES string of the molecule is COc1ccccc1N(CCC#N)C(=O)C(C)N1CCC(c2cccc(F)c2)C1. The number of rotatable bonds is 7. The number of benzene rings is 2. The molecule has 0 radical (unpaired) electrons. The predicted molar refractivity (Wildman–Crippen MR) is 110 cm³/mol. The van der Waals surface area contributed by atoms with Crippen molar-refractivity contribution in [1.29, 1.82) is 5.26 Å². The van der Waals surface area contributed by atoms with E-state index in [2.05, 4.69) is 11.0 Å². The molecule has 2 aromatic rings. The molecular weight excluding hydrogens is 369 g/mol. The molecule has 0 N–H and O–H groups in total. The molecule has 2 aromatic carbocycles. The van der Waals surface area contributed by atoms with Crippen LogP contribution in [-0.4, -0.2) is 43.6 Å². The van der Waals surface area contributed by atoms with Crippen molar-refractivity contribution in [3.05, 3.63) is 59.9 Å². The fraction of sp³-hybridized carbons (Fsp3) is 0.391. The number of halogens is 1. The summed E-state index contributed by atoms with van der Waals surface area (Å²) in [5.74, 6) is 0.512. The van der Waals surface area contributed by atoms with Crippen LogP contribution >= 0.6 is 0 Å². The fourth-order valence-electron chi connectivity index (χ4n) is 3.92. The van der Waals surface area contributed by atoms with Crippen molar-refractivity contribution in [3.63, 3.8) is 0 Å². The number of carbonyl (C=O) groups is 1. The Kier molecular flexibility index (Phi) is 6.84. The van der Waals surface area contributed by atoms with Crippen LogP contribution in [0.3, 0.4) is 0 Å². The van der Waals surface area contributed by atoms with Gasteiger partial charge in [0.05, 0.1) is 31.3 Å². The number of likely N-dealkylation sites (tertiary alicyclic amines) is 1. The lowest BCUT2D eigenvalue weighted by Crippen LogP contribution is -2.47. The molecule has 0 saturated carbocycles. The average Bonchev–Trinajstić information content (AvgIpc) is 3.24. The number of ether oxygens (including phenoxy) is 1. The van der Waals surface area contributed by atoms with Crippen molar-refractivity contribution in [2.75, 3.05) is 31.6 Å². The van der Waals surface area contributed by atoms with Crippen LogP contribution in [0.4, 0.5) is 10.1 Å². The van der Waals surface area contributed by atoms with Gasteiger partial charge in [-0.15, -0.1) is 0 Å². The highest BCUT2D eigenvalue weighted by atomic mass is 19.1. The molecule has 1 aliphatic rings. The van der Waals surface area contributed by atoms with Crippen LogP contribution in [0.15, 0.2) is 48.5 Å². The highest BCUT2D eigenvalue weighted by Crippen LogP contribution is 2.32.